The van der Waals surface area contributed by atoms with Gasteiger partial charge in [-0.1, -0.05) is 37.3 Å². The number of nitrogens with zero attached hydrogens (tertiary/aromatic N) is 1. The Hall–Kier alpha value is -1.87. The lowest BCUT2D eigenvalue weighted by Crippen LogP contribution is -2.13. The molecule has 0 spiro atoms. The molecule has 1 unspecified atom stereocenters. The van der Waals surface area contributed by atoms with Crippen LogP contribution in [0.15, 0.2) is 42.6 Å². The molecule has 3 nitrogen and oxygen atoms in total. The van der Waals surface area contributed by atoms with Gasteiger partial charge in [0, 0.05) is 18.3 Å². The molecule has 0 aliphatic rings. The van der Waals surface area contributed by atoms with Crippen LogP contribution in [-0.4, -0.2) is 12.1 Å². The van der Waals surface area contributed by atoms with E-state index in [9.17, 15) is 0 Å². The fourth-order valence-electron chi connectivity index (χ4n) is 2.07. The fourth-order valence-corrected chi connectivity index (χ4v) is 2.07. The molecule has 3 heteroatoms. The highest BCUT2D eigenvalue weighted by Gasteiger charge is 2.08. The van der Waals surface area contributed by atoms with E-state index in [1.165, 1.54) is 11.1 Å². The Morgan fingerprint density at radius 1 is 1.21 bits per heavy atom. The molecule has 19 heavy (non-hydrogen) atoms. The number of benzene rings is 1. The minimum atomic E-state index is 0.00157. The topological polar surface area (TPSA) is 48.1 Å². The molecule has 0 radical (unpaired) electrons. The molecule has 0 bridgehead atoms. The van der Waals surface area contributed by atoms with Gasteiger partial charge in [-0.15, -0.1) is 0 Å². The average Bonchev–Trinajstić information content (AvgIpc) is 2.48. The number of pyridine rings is 1. The summed E-state index contributed by atoms with van der Waals surface area (Å²) in [5.74, 6) is 0.630. The number of hydrogen-bond donors (Lipinski definition) is 1. The first-order chi connectivity index (χ1) is 9.22. The molecule has 100 valence electrons. The van der Waals surface area contributed by atoms with Crippen molar-refractivity contribution in [1.29, 1.82) is 0 Å². The first-order valence-electron chi connectivity index (χ1n) is 6.56. The van der Waals surface area contributed by atoms with Crippen LogP contribution in [0.4, 0.5) is 0 Å². The van der Waals surface area contributed by atoms with Crippen LogP contribution < -0.4 is 10.5 Å². The molecular weight excluding hydrogens is 236 g/mol. The van der Waals surface area contributed by atoms with E-state index in [1.54, 1.807) is 7.11 Å². The molecular formula is C16H20N2O. The van der Waals surface area contributed by atoms with E-state index in [0.717, 1.165) is 18.4 Å². The second-order valence-corrected chi connectivity index (χ2v) is 4.62. The third-order valence-corrected chi connectivity index (χ3v) is 3.25. The van der Waals surface area contributed by atoms with Crippen molar-refractivity contribution in [2.24, 2.45) is 5.73 Å². The molecule has 0 aliphatic heterocycles. The maximum Gasteiger partial charge on any atom is 0.212 e. The van der Waals surface area contributed by atoms with Crippen LogP contribution in [0.5, 0.6) is 5.88 Å². The molecule has 2 rings (SSSR count). The molecule has 1 aromatic carbocycles. The maximum absolute atomic E-state index is 6.26. The lowest BCUT2D eigenvalue weighted by Gasteiger charge is -2.13. The van der Waals surface area contributed by atoms with Gasteiger partial charge in [-0.3, -0.25) is 0 Å². The quantitative estimate of drug-likeness (QED) is 0.894. The van der Waals surface area contributed by atoms with E-state index >= 15 is 0 Å². The van der Waals surface area contributed by atoms with Crippen molar-refractivity contribution in [1.82, 2.24) is 4.98 Å². The van der Waals surface area contributed by atoms with Gasteiger partial charge in [-0.25, -0.2) is 4.98 Å². The summed E-state index contributed by atoms with van der Waals surface area (Å²) < 4.78 is 5.05. The molecule has 0 aliphatic carbocycles. The summed E-state index contributed by atoms with van der Waals surface area (Å²) in [4.78, 5) is 4.20. The number of nitrogens with two attached hydrogens (primary N) is 1. The van der Waals surface area contributed by atoms with Gasteiger partial charge in [0.05, 0.1) is 7.11 Å². The Labute approximate surface area is 114 Å². The molecule has 0 fully saturated rings. The normalized spacial score (nSPS) is 12.2. The Balaban J connectivity index is 2.08. The second-order valence-electron chi connectivity index (χ2n) is 4.62. The number of aromatic nitrogens is 1. The van der Waals surface area contributed by atoms with Crippen molar-refractivity contribution in [2.75, 3.05) is 7.11 Å². The first kappa shape index (κ1) is 13.6. The smallest absolute Gasteiger partial charge is 0.212 e. The number of aryl methyl sites for hydroxylation is 1. The van der Waals surface area contributed by atoms with E-state index in [0.29, 0.717) is 5.88 Å². The number of hydrogen-bond acceptors (Lipinski definition) is 3. The standard InChI is InChI=1S/C16H20N2O/c1-3-12-5-4-6-14(9-12)15(17)10-13-7-8-16(19-2)18-11-13/h4-9,11,15H,3,10,17H2,1-2H3. The van der Waals surface area contributed by atoms with Crippen LogP contribution in [-0.2, 0) is 12.8 Å². The van der Waals surface area contributed by atoms with E-state index in [2.05, 4.69) is 36.2 Å². The van der Waals surface area contributed by atoms with Crippen LogP contribution in [0.3, 0.4) is 0 Å². The zero-order valence-electron chi connectivity index (χ0n) is 11.5. The van der Waals surface area contributed by atoms with Crippen molar-refractivity contribution < 1.29 is 4.74 Å². The third-order valence-electron chi connectivity index (χ3n) is 3.25. The van der Waals surface area contributed by atoms with E-state index in [-0.39, 0.29) is 6.04 Å². The van der Waals surface area contributed by atoms with Crippen LogP contribution in [0, 0.1) is 0 Å². The summed E-state index contributed by atoms with van der Waals surface area (Å²) in [7, 11) is 1.62. The number of ether oxygens (including phenoxy) is 1. The van der Waals surface area contributed by atoms with Crippen molar-refractivity contribution >= 4 is 0 Å². The fraction of sp³-hybridized carbons (Fsp3) is 0.312. The molecule has 1 atom stereocenters. The molecule has 0 saturated heterocycles. The largest absolute Gasteiger partial charge is 0.481 e. The van der Waals surface area contributed by atoms with Gasteiger partial charge in [0.25, 0.3) is 0 Å². The Morgan fingerprint density at radius 3 is 2.68 bits per heavy atom. The summed E-state index contributed by atoms with van der Waals surface area (Å²) in [5, 5.41) is 0. The first-order valence-corrected chi connectivity index (χ1v) is 6.56. The predicted octanol–water partition coefficient (Wildman–Crippen LogP) is 2.90. The highest BCUT2D eigenvalue weighted by Crippen LogP contribution is 2.18. The van der Waals surface area contributed by atoms with Crippen LogP contribution >= 0.6 is 0 Å². The summed E-state index contributed by atoms with van der Waals surface area (Å²) in [5.41, 5.74) is 9.88. The second kappa shape index (κ2) is 6.34. The van der Waals surface area contributed by atoms with Gasteiger partial charge in [0.2, 0.25) is 5.88 Å². The summed E-state index contributed by atoms with van der Waals surface area (Å²) in [6.07, 6.45) is 3.64. The lowest BCUT2D eigenvalue weighted by atomic mass is 9.98. The maximum atomic E-state index is 6.26. The van der Waals surface area contributed by atoms with Crippen LogP contribution in [0.2, 0.25) is 0 Å². The molecule has 2 aromatic rings. The van der Waals surface area contributed by atoms with E-state index in [1.807, 2.05) is 18.3 Å². The van der Waals surface area contributed by atoms with Gasteiger partial charge < -0.3 is 10.5 Å². The number of methoxy groups -OCH3 is 1. The Kier molecular flexibility index (Phi) is 4.53. The molecule has 0 amide bonds. The van der Waals surface area contributed by atoms with Crippen molar-refractivity contribution in [3.63, 3.8) is 0 Å². The molecule has 1 aromatic heterocycles. The lowest BCUT2D eigenvalue weighted by molar-refractivity contribution is 0.397. The van der Waals surface area contributed by atoms with Gasteiger partial charge >= 0.3 is 0 Å². The molecule has 2 N–H and O–H groups in total. The SMILES string of the molecule is CCc1cccc(C(N)Cc2ccc(OC)nc2)c1. The van der Waals surface area contributed by atoms with Crippen molar-refractivity contribution in [2.45, 2.75) is 25.8 Å². The Bertz CT molecular complexity index is 523. The van der Waals surface area contributed by atoms with E-state index < -0.39 is 0 Å². The van der Waals surface area contributed by atoms with Crippen LogP contribution in [0.25, 0.3) is 0 Å². The monoisotopic (exact) mass is 256 g/mol. The summed E-state index contributed by atoms with van der Waals surface area (Å²) >= 11 is 0. The highest BCUT2D eigenvalue weighted by atomic mass is 16.5. The zero-order valence-corrected chi connectivity index (χ0v) is 11.5. The minimum Gasteiger partial charge on any atom is -0.481 e. The van der Waals surface area contributed by atoms with Gasteiger partial charge in [-0.2, -0.15) is 0 Å². The third kappa shape index (κ3) is 3.55. The molecule has 0 saturated carbocycles. The van der Waals surface area contributed by atoms with Gasteiger partial charge in [0.15, 0.2) is 0 Å². The summed E-state index contributed by atoms with van der Waals surface area (Å²) in [6, 6.07) is 12.3. The molecule has 1 heterocycles. The van der Waals surface area contributed by atoms with Crippen molar-refractivity contribution in [3.05, 3.63) is 59.3 Å². The minimum absolute atomic E-state index is 0.00157. The van der Waals surface area contributed by atoms with Crippen molar-refractivity contribution in [3.8, 4) is 5.88 Å². The number of rotatable bonds is 5. The zero-order chi connectivity index (χ0) is 13.7. The van der Waals surface area contributed by atoms with E-state index in [4.69, 9.17) is 10.5 Å². The predicted molar refractivity (Wildman–Crippen MR) is 77.2 cm³/mol. The average molecular weight is 256 g/mol. The summed E-state index contributed by atoms with van der Waals surface area (Å²) in [6.45, 7) is 2.15. The Morgan fingerprint density at radius 2 is 2.05 bits per heavy atom. The van der Waals surface area contributed by atoms with Crippen LogP contribution in [0.1, 0.15) is 29.7 Å². The highest BCUT2D eigenvalue weighted by molar-refractivity contribution is 5.28. The van der Waals surface area contributed by atoms with Gasteiger partial charge in [0.1, 0.15) is 0 Å². The van der Waals surface area contributed by atoms with Gasteiger partial charge in [-0.05, 0) is 29.5 Å².